The van der Waals surface area contributed by atoms with E-state index in [9.17, 15) is 4.79 Å². The standard InChI is InChI=1S/C21H20N4O3S/c1-3-11-25-19(15-7-5-4-6-8-15)23-24-21(25)29-14(2)20(26)22-16-9-10-17-18(12-16)28-13-27-17/h3-10,12,14H,1,11,13H2,2H3,(H,22,26)/t14-/m1/s1. The molecule has 7 nitrogen and oxygen atoms in total. The van der Waals surface area contributed by atoms with Crippen molar-refractivity contribution in [3.05, 3.63) is 61.2 Å². The molecule has 1 atom stereocenters. The number of amides is 1. The second kappa shape index (κ2) is 8.40. The summed E-state index contributed by atoms with van der Waals surface area (Å²) in [5.74, 6) is 1.91. The minimum Gasteiger partial charge on any atom is -0.454 e. The lowest BCUT2D eigenvalue weighted by Gasteiger charge is -2.13. The number of nitrogens with zero attached hydrogens (tertiary/aromatic N) is 3. The van der Waals surface area contributed by atoms with Crippen molar-refractivity contribution in [3.8, 4) is 22.9 Å². The van der Waals surface area contributed by atoms with E-state index in [0.717, 1.165) is 11.4 Å². The van der Waals surface area contributed by atoms with Crippen LogP contribution in [0, 0.1) is 0 Å². The van der Waals surface area contributed by atoms with Crippen LogP contribution in [0.25, 0.3) is 11.4 Å². The molecular formula is C21H20N4O3S. The number of carbonyl (C=O) groups is 1. The Kier molecular flexibility index (Phi) is 5.53. The van der Waals surface area contributed by atoms with Gasteiger partial charge >= 0.3 is 0 Å². The third kappa shape index (κ3) is 4.12. The molecule has 1 aliphatic heterocycles. The molecule has 3 aromatic rings. The van der Waals surface area contributed by atoms with Gasteiger partial charge in [0.05, 0.1) is 5.25 Å². The van der Waals surface area contributed by atoms with Crippen molar-refractivity contribution in [2.24, 2.45) is 0 Å². The van der Waals surface area contributed by atoms with Gasteiger partial charge in [-0.1, -0.05) is 48.2 Å². The first kappa shape index (κ1) is 19.1. The lowest BCUT2D eigenvalue weighted by Crippen LogP contribution is -2.23. The molecular weight excluding hydrogens is 388 g/mol. The van der Waals surface area contributed by atoms with E-state index in [0.29, 0.717) is 28.9 Å². The van der Waals surface area contributed by atoms with Gasteiger partial charge in [-0.2, -0.15) is 0 Å². The van der Waals surface area contributed by atoms with E-state index in [4.69, 9.17) is 9.47 Å². The first-order valence-corrected chi connectivity index (χ1v) is 10.0. The minimum atomic E-state index is -0.378. The molecule has 29 heavy (non-hydrogen) atoms. The molecule has 8 heteroatoms. The summed E-state index contributed by atoms with van der Waals surface area (Å²) in [4.78, 5) is 12.7. The Balaban J connectivity index is 1.49. The highest BCUT2D eigenvalue weighted by Crippen LogP contribution is 2.34. The van der Waals surface area contributed by atoms with Gasteiger partial charge in [-0.3, -0.25) is 9.36 Å². The van der Waals surface area contributed by atoms with Crippen molar-refractivity contribution >= 4 is 23.4 Å². The summed E-state index contributed by atoms with van der Waals surface area (Å²) in [5.41, 5.74) is 1.62. The summed E-state index contributed by atoms with van der Waals surface area (Å²) in [5, 5.41) is 11.8. The van der Waals surface area contributed by atoms with E-state index in [2.05, 4.69) is 22.1 Å². The number of ether oxygens (including phenoxy) is 2. The van der Waals surface area contributed by atoms with E-state index < -0.39 is 0 Å². The maximum absolute atomic E-state index is 12.7. The fourth-order valence-electron chi connectivity index (χ4n) is 2.90. The van der Waals surface area contributed by atoms with Crippen molar-refractivity contribution in [3.63, 3.8) is 0 Å². The number of allylic oxidation sites excluding steroid dienone is 1. The topological polar surface area (TPSA) is 78.3 Å². The predicted octanol–water partition coefficient (Wildman–Crippen LogP) is 3.98. The zero-order valence-electron chi connectivity index (χ0n) is 15.9. The second-order valence-corrected chi connectivity index (χ2v) is 7.70. The van der Waals surface area contributed by atoms with Crippen LogP contribution in [0.5, 0.6) is 11.5 Å². The Morgan fingerprint density at radius 2 is 2.03 bits per heavy atom. The van der Waals surface area contributed by atoms with Gasteiger partial charge in [0.15, 0.2) is 22.5 Å². The van der Waals surface area contributed by atoms with Crippen LogP contribution >= 0.6 is 11.8 Å². The highest BCUT2D eigenvalue weighted by atomic mass is 32.2. The maximum Gasteiger partial charge on any atom is 0.237 e. The van der Waals surface area contributed by atoms with Crippen LogP contribution in [-0.2, 0) is 11.3 Å². The molecule has 2 aromatic carbocycles. The van der Waals surface area contributed by atoms with Gasteiger partial charge in [-0.25, -0.2) is 0 Å². The number of anilines is 1. The van der Waals surface area contributed by atoms with Crippen molar-refractivity contribution in [1.82, 2.24) is 14.8 Å². The van der Waals surface area contributed by atoms with Gasteiger partial charge in [-0.05, 0) is 19.1 Å². The zero-order chi connectivity index (χ0) is 20.2. The largest absolute Gasteiger partial charge is 0.454 e. The molecule has 1 N–H and O–H groups in total. The molecule has 1 amide bonds. The summed E-state index contributed by atoms with van der Waals surface area (Å²) >= 11 is 1.35. The lowest BCUT2D eigenvalue weighted by atomic mass is 10.2. The van der Waals surface area contributed by atoms with Crippen LogP contribution in [0.4, 0.5) is 5.69 Å². The van der Waals surface area contributed by atoms with Crippen LogP contribution in [0.15, 0.2) is 66.3 Å². The van der Waals surface area contributed by atoms with Crippen LogP contribution in [0.2, 0.25) is 0 Å². The fourth-order valence-corrected chi connectivity index (χ4v) is 3.76. The molecule has 0 spiro atoms. The molecule has 0 unspecified atom stereocenters. The van der Waals surface area contributed by atoms with Crippen molar-refractivity contribution in [2.45, 2.75) is 23.9 Å². The molecule has 4 rings (SSSR count). The summed E-state index contributed by atoms with van der Waals surface area (Å²) in [7, 11) is 0. The van der Waals surface area contributed by atoms with E-state index >= 15 is 0 Å². The van der Waals surface area contributed by atoms with Crippen LogP contribution in [-0.4, -0.2) is 32.7 Å². The summed E-state index contributed by atoms with van der Waals surface area (Å²) in [6.45, 7) is 6.41. The maximum atomic E-state index is 12.7. The van der Waals surface area contributed by atoms with Crippen molar-refractivity contribution < 1.29 is 14.3 Å². The number of benzene rings is 2. The van der Waals surface area contributed by atoms with E-state index in [1.807, 2.05) is 41.8 Å². The molecule has 0 saturated carbocycles. The highest BCUT2D eigenvalue weighted by molar-refractivity contribution is 8.00. The molecule has 2 heterocycles. The fraction of sp³-hybridized carbons (Fsp3) is 0.190. The average molecular weight is 408 g/mol. The van der Waals surface area contributed by atoms with Crippen LogP contribution in [0.3, 0.4) is 0 Å². The zero-order valence-corrected chi connectivity index (χ0v) is 16.7. The smallest absolute Gasteiger partial charge is 0.237 e. The summed E-state index contributed by atoms with van der Waals surface area (Å²) in [6, 6.07) is 15.1. The van der Waals surface area contributed by atoms with Gasteiger partial charge in [0.2, 0.25) is 12.7 Å². The second-order valence-electron chi connectivity index (χ2n) is 6.39. The minimum absolute atomic E-state index is 0.136. The highest BCUT2D eigenvalue weighted by Gasteiger charge is 2.21. The molecule has 0 fully saturated rings. The molecule has 0 aliphatic carbocycles. The summed E-state index contributed by atoms with van der Waals surface area (Å²) < 4.78 is 12.6. The van der Waals surface area contributed by atoms with E-state index in [1.54, 1.807) is 24.3 Å². The first-order chi connectivity index (χ1) is 14.2. The van der Waals surface area contributed by atoms with Gasteiger partial charge in [0.25, 0.3) is 0 Å². The van der Waals surface area contributed by atoms with Gasteiger partial charge < -0.3 is 14.8 Å². The number of fused-ring (bicyclic) bond motifs is 1. The Morgan fingerprint density at radius 1 is 1.24 bits per heavy atom. The summed E-state index contributed by atoms with van der Waals surface area (Å²) in [6.07, 6.45) is 1.79. The number of thioether (sulfide) groups is 1. The number of hydrogen-bond acceptors (Lipinski definition) is 6. The van der Waals surface area contributed by atoms with Crippen LogP contribution in [0.1, 0.15) is 6.92 Å². The molecule has 0 saturated heterocycles. The number of carbonyl (C=O) groups excluding carboxylic acids is 1. The Morgan fingerprint density at radius 3 is 2.83 bits per heavy atom. The number of nitrogens with one attached hydrogen (secondary N) is 1. The molecule has 1 aliphatic rings. The lowest BCUT2D eigenvalue weighted by molar-refractivity contribution is -0.115. The Labute approximate surface area is 172 Å². The average Bonchev–Trinajstić information content (AvgIpc) is 3.36. The monoisotopic (exact) mass is 408 g/mol. The Hall–Kier alpha value is -3.26. The third-order valence-electron chi connectivity index (χ3n) is 4.35. The van der Waals surface area contributed by atoms with E-state index in [1.165, 1.54) is 11.8 Å². The molecule has 148 valence electrons. The predicted molar refractivity (Wildman–Crippen MR) is 112 cm³/mol. The molecule has 0 radical (unpaired) electrons. The van der Waals surface area contributed by atoms with Crippen molar-refractivity contribution in [1.29, 1.82) is 0 Å². The van der Waals surface area contributed by atoms with Crippen molar-refractivity contribution in [2.75, 3.05) is 12.1 Å². The normalized spacial score (nSPS) is 13.1. The van der Waals surface area contributed by atoms with Gasteiger partial charge in [-0.15, -0.1) is 16.8 Å². The third-order valence-corrected chi connectivity index (χ3v) is 5.43. The number of hydrogen-bond donors (Lipinski definition) is 1. The van der Waals surface area contributed by atoms with Gasteiger partial charge in [0.1, 0.15) is 0 Å². The molecule has 1 aromatic heterocycles. The Bertz CT molecular complexity index is 1040. The van der Waals surface area contributed by atoms with Crippen LogP contribution < -0.4 is 14.8 Å². The molecule has 0 bridgehead atoms. The first-order valence-electron chi connectivity index (χ1n) is 9.12. The number of rotatable bonds is 7. The quantitative estimate of drug-likeness (QED) is 0.471. The SMILES string of the molecule is C=CCn1c(S[C@H](C)C(=O)Nc2ccc3c(c2)OCO3)nnc1-c1ccccc1. The van der Waals surface area contributed by atoms with Gasteiger partial charge in [0, 0.05) is 23.9 Å². The van der Waals surface area contributed by atoms with E-state index in [-0.39, 0.29) is 18.0 Å². The number of aromatic nitrogens is 3.